The van der Waals surface area contributed by atoms with Crippen LogP contribution in [-0.4, -0.2) is 43.4 Å². The molecule has 7 heteroatoms. The Morgan fingerprint density at radius 1 is 1.35 bits per heavy atom. The number of alkyl halides is 4. The van der Waals surface area contributed by atoms with Crippen LogP contribution in [0, 0.1) is 11.8 Å². The molecule has 1 saturated heterocycles. The van der Waals surface area contributed by atoms with Gasteiger partial charge in [0.2, 0.25) is 0 Å². The molecule has 1 aromatic heterocycles. The summed E-state index contributed by atoms with van der Waals surface area (Å²) in [6.45, 7) is 2.60. The van der Waals surface area contributed by atoms with Gasteiger partial charge >= 0.3 is 6.18 Å². The van der Waals surface area contributed by atoms with Crippen molar-refractivity contribution in [2.24, 2.45) is 0 Å². The average molecular weight is 368 g/mol. The molecule has 1 N–H and O–H groups in total. The van der Waals surface area contributed by atoms with Crippen LogP contribution >= 0.6 is 0 Å². The number of hydrogen-bond donors (Lipinski definition) is 1. The van der Waals surface area contributed by atoms with Gasteiger partial charge in [-0.3, -0.25) is 0 Å². The molecule has 1 fully saturated rings. The summed E-state index contributed by atoms with van der Waals surface area (Å²) in [6, 6.07) is 4.50. The lowest BCUT2D eigenvalue weighted by molar-refractivity contribution is -0.127. The van der Waals surface area contributed by atoms with Crippen molar-refractivity contribution in [1.29, 1.82) is 0 Å². The van der Waals surface area contributed by atoms with Gasteiger partial charge in [0.05, 0.1) is 18.2 Å². The normalized spacial score (nSPS) is 21.5. The molecule has 0 saturated carbocycles. The van der Waals surface area contributed by atoms with E-state index in [0.717, 1.165) is 6.54 Å². The Kier molecular flexibility index (Phi) is 5.15. The van der Waals surface area contributed by atoms with Crippen molar-refractivity contribution >= 4 is 16.7 Å². The number of halogens is 4. The molecule has 0 radical (unpaired) electrons. The van der Waals surface area contributed by atoms with Crippen LogP contribution in [0.4, 0.5) is 23.2 Å². The third-order valence-electron chi connectivity index (χ3n) is 4.52. The maximum absolute atomic E-state index is 14.3. The molecule has 0 amide bonds. The largest absolute Gasteiger partial charge is 0.445 e. The highest BCUT2D eigenvalue weighted by atomic mass is 19.4. The lowest BCUT2D eigenvalue weighted by Gasteiger charge is -2.33. The molecule has 1 aliphatic heterocycles. The van der Waals surface area contributed by atoms with Gasteiger partial charge in [-0.1, -0.05) is 18.1 Å². The van der Waals surface area contributed by atoms with Gasteiger partial charge in [0.1, 0.15) is 6.17 Å². The molecule has 0 spiro atoms. The third kappa shape index (κ3) is 3.96. The monoisotopic (exact) mass is 368 g/mol. The minimum Gasteiger partial charge on any atom is -0.445 e. The minimum atomic E-state index is -4.37. The minimum absolute atomic E-state index is 0.00857. The van der Waals surface area contributed by atoms with Gasteiger partial charge in [-0.2, -0.15) is 13.2 Å². The van der Waals surface area contributed by atoms with Crippen LogP contribution in [-0.2, 0) is 6.42 Å². The zero-order chi connectivity index (χ0) is 18.9. The zero-order valence-electron chi connectivity index (χ0n) is 14.6. The van der Waals surface area contributed by atoms with E-state index in [4.69, 9.17) is 4.42 Å². The van der Waals surface area contributed by atoms with Crippen molar-refractivity contribution in [2.75, 3.05) is 25.5 Å². The van der Waals surface area contributed by atoms with Crippen LogP contribution in [0.5, 0.6) is 0 Å². The van der Waals surface area contributed by atoms with E-state index in [1.54, 1.807) is 18.2 Å². The van der Waals surface area contributed by atoms with Gasteiger partial charge in [-0.15, -0.1) is 0 Å². The first-order chi connectivity index (χ1) is 12.3. The summed E-state index contributed by atoms with van der Waals surface area (Å²) >= 11 is 0. The van der Waals surface area contributed by atoms with Crippen LogP contribution in [0.1, 0.15) is 24.7 Å². The van der Waals surface area contributed by atoms with Crippen LogP contribution in [0.25, 0.3) is 11.0 Å². The van der Waals surface area contributed by atoms with Gasteiger partial charge < -0.3 is 14.6 Å². The lowest BCUT2D eigenvalue weighted by Crippen LogP contribution is -2.46. The van der Waals surface area contributed by atoms with Crippen LogP contribution < -0.4 is 5.32 Å². The molecule has 140 valence electrons. The summed E-state index contributed by atoms with van der Waals surface area (Å²) < 4.78 is 58.9. The molecule has 0 unspecified atom stereocenters. The van der Waals surface area contributed by atoms with Crippen molar-refractivity contribution in [3.05, 3.63) is 29.5 Å². The van der Waals surface area contributed by atoms with Gasteiger partial charge in [0, 0.05) is 24.0 Å². The molecule has 3 rings (SSSR count). The van der Waals surface area contributed by atoms with E-state index in [9.17, 15) is 17.6 Å². The fourth-order valence-corrected chi connectivity index (χ4v) is 3.29. The number of hydrogen-bond acceptors (Lipinski definition) is 3. The summed E-state index contributed by atoms with van der Waals surface area (Å²) in [7, 11) is 1.86. The highest BCUT2D eigenvalue weighted by Gasteiger charge is 2.33. The smallest absolute Gasteiger partial charge is 0.393 e. The second kappa shape index (κ2) is 7.20. The number of likely N-dealkylation sites (tertiary alicyclic amines) is 1. The van der Waals surface area contributed by atoms with Crippen LogP contribution in [0.15, 0.2) is 22.6 Å². The third-order valence-corrected chi connectivity index (χ3v) is 4.52. The first-order valence-electron chi connectivity index (χ1n) is 8.41. The van der Waals surface area contributed by atoms with Crippen molar-refractivity contribution in [1.82, 2.24) is 4.90 Å². The fraction of sp³-hybridized carbons (Fsp3) is 0.474. The number of furan rings is 1. The van der Waals surface area contributed by atoms with Crippen LogP contribution in [0.2, 0.25) is 0 Å². The van der Waals surface area contributed by atoms with Gasteiger partial charge in [-0.25, -0.2) is 4.39 Å². The number of nitrogens with one attached hydrogen (secondary N) is 1. The Morgan fingerprint density at radius 2 is 2.12 bits per heavy atom. The lowest BCUT2D eigenvalue weighted by atomic mass is 10.0. The molecular formula is C19H20F4N2O. The van der Waals surface area contributed by atoms with Crippen molar-refractivity contribution in [3.8, 4) is 11.8 Å². The van der Waals surface area contributed by atoms with E-state index in [0.29, 0.717) is 24.0 Å². The molecule has 1 aliphatic rings. The van der Waals surface area contributed by atoms with E-state index in [-0.39, 0.29) is 16.9 Å². The number of rotatable bonds is 3. The standard InChI is InChI=1S/C19H20F4N2O/c1-3-5-17-13(10-19(21,22)23)12-6-4-7-16(18(12)26-17)24-15-8-9-25(2)11-14(15)20/h4,6-7,14-15,24H,8-11H2,1-2H3/t14-,15+/m1/s1. The van der Waals surface area contributed by atoms with Crippen molar-refractivity contribution in [3.63, 3.8) is 0 Å². The first kappa shape index (κ1) is 18.6. The molecule has 3 nitrogen and oxygen atoms in total. The Balaban J connectivity index is 1.99. The van der Waals surface area contributed by atoms with E-state index in [2.05, 4.69) is 17.2 Å². The molecule has 2 heterocycles. The highest BCUT2D eigenvalue weighted by Crippen LogP contribution is 2.35. The van der Waals surface area contributed by atoms with Crippen molar-refractivity contribution < 1.29 is 22.0 Å². The summed E-state index contributed by atoms with van der Waals surface area (Å²) in [5, 5.41) is 3.47. The number of para-hydroxylation sites is 1. The number of piperidine rings is 1. The number of anilines is 1. The molecule has 0 aliphatic carbocycles. The first-order valence-corrected chi connectivity index (χ1v) is 8.41. The predicted octanol–water partition coefficient (Wildman–Crippen LogP) is 4.36. The average Bonchev–Trinajstić information content (AvgIpc) is 2.88. The molecule has 2 atom stereocenters. The van der Waals surface area contributed by atoms with E-state index in [1.165, 1.54) is 6.92 Å². The summed E-state index contributed by atoms with van der Waals surface area (Å²) in [5.41, 5.74) is 0.800. The van der Waals surface area contributed by atoms with E-state index < -0.39 is 24.8 Å². The predicted molar refractivity (Wildman–Crippen MR) is 92.9 cm³/mol. The Morgan fingerprint density at radius 3 is 2.77 bits per heavy atom. The van der Waals surface area contributed by atoms with Crippen molar-refractivity contribution in [2.45, 2.75) is 38.2 Å². The molecule has 26 heavy (non-hydrogen) atoms. The zero-order valence-corrected chi connectivity index (χ0v) is 14.6. The van der Waals surface area contributed by atoms with Gasteiger partial charge in [0.15, 0.2) is 11.3 Å². The van der Waals surface area contributed by atoms with Gasteiger partial charge in [-0.05, 0) is 32.4 Å². The molecule has 1 aromatic carbocycles. The quantitative estimate of drug-likeness (QED) is 0.644. The fourth-order valence-electron chi connectivity index (χ4n) is 3.29. The molecule has 2 aromatic rings. The molecule has 0 bridgehead atoms. The second-order valence-electron chi connectivity index (χ2n) is 6.58. The topological polar surface area (TPSA) is 28.4 Å². The Bertz CT molecular complexity index is 847. The van der Waals surface area contributed by atoms with E-state index in [1.807, 2.05) is 11.9 Å². The number of fused-ring (bicyclic) bond motifs is 1. The summed E-state index contributed by atoms with van der Waals surface area (Å²) in [5.74, 6) is 5.20. The highest BCUT2D eigenvalue weighted by molar-refractivity contribution is 5.93. The Hall–Kier alpha value is -2.20. The second-order valence-corrected chi connectivity index (χ2v) is 6.58. The Labute approximate surface area is 149 Å². The summed E-state index contributed by atoms with van der Waals surface area (Å²) in [6.07, 6.45) is -5.95. The number of benzene rings is 1. The molecular weight excluding hydrogens is 348 g/mol. The van der Waals surface area contributed by atoms with Gasteiger partial charge in [0.25, 0.3) is 0 Å². The summed E-state index contributed by atoms with van der Waals surface area (Å²) in [4.78, 5) is 1.91. The maximum Gasteiger partial charge on any atom is 0.393 e. The SMILES string of the molecule is CC#Cc1oc2c(N[C@H]3CCN(C)C[C@H]3F)cccc2c1CC(F)(F)F. The number of nitrogens with zero attached hydrogens (tertiary/aromatic N) is 1. The van der Waals surface area contributed by atoms with Crippen LogP contribution in [0.3, 0.4) is 0 Å². The van der Waals surface area contributed by atoms with E-state index >= 15 is 0 Å². The maximum atomic E-state index is 14.3.